The molecule has 0 spiro atoms. The minimum Gasteiger partial charge on any atom is -0.484 e. The number of ether oxygens (including phenoxy) is 1. The zero-order chi connectivity index (χ0) is 12.5. The van der Waals surface area contributed by atoms with Gasteiger partial charge in [0.2, 0.25) is 8.38 Å². The van der Waals surface area contributed by atoms with Crippen LogP contribution in [0.5, 0.6) is 5.75 Å². The quantitative estimate of drug-likeness (QED) is 0.426. The van der Waals surface area contributed by atoms with Gasteiger partial charge in [-0.1, -0.05) is 6.07 Å². The second-order valence-electron chi connectivity index (χ2n) is 3.11. The van der Waals surface area contributed by atoms with Crippen molar-refractivity contribution in [2.45, 2.75) is 13.8 Å². The van der Waals surface area contributed by atoms with E-state index in [-0.39, 0.29) is 0 Å². The lowest BCUT2D eigenvalue weighted by Gasteiger charge is -2.16. The Balaban J connectivity index is 2.46. The van der Waals surface area contributed by atoms with Gasteiger partial charge in [-0.2, -0.15) is 0 Å². The molecule has 17 heavy (non-hydrogen) atoms. The molecule has 0 saturated heterocycles. The molecule has 1 rings (SSSR count). The SMILES string of the molecule is CCOP(COc1cccc(NN)c1)OCC. The summed E-state index contributed by atoms with van der Waals surface area (Å²) in [6.07, 6.45) is 0.422. The fourth-order valence-electron chi connectivity index (χ4n) is 1.20. The Hall–Kier alpha value is -0.870. The van der Waals surface area contributed by atoms with Crippen molar-refractivity contribution in [3.05, 3.63) is 24.3 Å². The van der Waals surface area contributed by atoms with Gasteiger partial charge in [0.15, 0.2) is 6.35 Å². The van der Waals surface area contributed by atoms with Crippen LogP contribution in [0.2, 0.25) is 0 Å². The van der Waals surface area contributed by atoms with Crippen LogP contribution in [-0.2, 0) is 9.05 Å². The lowest BCUT2D eigenvalue weighted by Crippen LogP contribution is -2.07. The summed E-state index contributed by atoms with van der Waals surface area (Å²) >= 11 is 0. The molecular formula is C11H19N2O3P. The molecule has 1 aromatic rings. The third-order valence-corrected chi connectivity index (χ3v) is 3.32. The molecule has 0 atom stereocenters. The van der Waals surface area contributed by atoms with Crippen LogP contribution in [0, 0.1) is 0 Å². The van der Waals surface area contributed by atoms with Gasteiger partial charge < -0.3 is 19.2 Å². The molecule has 1 aromatic carbocycles. The Morgan fingerprint density at radius 2 is 1.94 bits per heavy atom. The highest BCUT2D eigenvalue weighted by Gasteiger charge is 2.10. The summed E-state index contributed by atoms with van der Waals surface area (Å²) < 4.78 is 16.5. The molecule has 0 aromatic heterocycles. The molecule has 96 valence electrons. The molecule has 0 aliphatic heterocycles. The Kier molecular flexibility index (Phi) is 6.89. The van der Waals surface area contributed by atoms with Crippen LogP contribution in [0.3, 0.4) is 0 Å². The molecule has 0 radical (unpaired) electrons. The minimum absolute atomic E-state index is 0.422. The van der Waals surface area contributed by atoms with Gasteiger partial charge in [-0.15, -0.1) is 0 Å². The van der Waals surface area contributed by atoms with Gasteiger partial charge >= 0.3 is 0 Å². The van der Waals surface area contributed by atoms with E-state index < -0.39 is 8.38 Å². The highest BCUT2D eigenvalue weighted by atomic mass is 31.2. The number of hydrogen-bond acceptors (Lipinski definition) is 5. The number of hydrazine groups is 1. The van der Waals surface area contributed by atoms with Gasteiger partial charge in [0.25, 0.3) is 0 Å². The average molecular weight is 258 g/mol. The normalized spacial score (nSPS) is 10.6. The maximum Gasteiger partial charge on any atom is 0.211 e. The molecule has 0 saturated carbocycles. The Labute approximate surface area is 103 Å². The maximum absolute atomic E-state index is 5.60. The summed E-state index contributed by atoms with van der Waals surface area (Å²) in [5.41, 5.74) is 3.37. The number of benzene rings is 1. The van der Waals surface area contributed by atoms with Gasteiger partial charge in [-0.3, -0.25) is 5.84 Å². The first-order valence-electron chi connectivity index (χ1n) is 5.53. The van der Waals surface area contributed by atoms with Crippen LogP contribution in [0.1, 0.15) is 13.8 Å². The highest BCUT2D eigenvalue weighted by Crippen LogP contribution is 2.38. The van der Waals surface area contributed by atoms with Crippen molar-refractivity contribution in [1.29, 1.82) is 0 Å². The summed E-state index contributed by atoms with van der Waals surface area (Å²) in [6.45, 7) is 5.12. The molecule has 0 bridgehead atoms. The Bertz CT molecular complexity index is 319. The summed E-state index contributed by atoms with van der Waals surface area (Å²) in [7, 11) is -0.972. The highest BCUT2D eigenvalue weighted by molar-refractivity contribution is 7.47. The molecule has 0 heterocycles. The first-order valence-corrected chi connectivity index (χ1v) is 6.89. The summed E-state index contributed by atoms with van der Waals surface area (Å²) in [6, 6.07) is 7.42. The fourth-order valence-corrected chi connectivity index (χ4v) is 2.26. The van der Waals surface area contributed by atoms with Crippen LogP contribution in [0.15, 0.2) is 24.3 Å². The number of nitrogens with two attached hydrogens (primary N) is 1. The van der Waals surface area contributed by atoms with E-state index in [0.29, 0.717) is 19.6 Å². The largest absolute Gasteiger partial charge is 0.484 e. The van der Waals surface area contributed by atoms with Gasteiger partial charge in [0.05, 0.1) is 18.9 Å². The fraction of sp³-hybridized carbons (Fsp3) is 0.455. The van der Waals surface area contributed by atoms with Crippen molar-refractivity contribution < 1.29 is 13.8 Å². The smallest absolute Gasteiger partial charge is 0.211 e. The monoisotopic (exact) mass is 258 g/mol. The van der Waals surface area contributed by atoms with Crippen LogP contribution in [0.25, 0.3) is 0 Å². The van der Waals surface area contributed by atoms with Gasteiger partial charge in [0, 0.05) is 6.07 Å². The first-order chi connectivity index (χ1) is 8.30. The van der Waals surface area contributed by atoms with Crippen molar-refractivity contribution in [3.8, 4) is 5.75 Å². The van der Waals surface area contributed by atoms with Crippen LogP contribution >= 0.6 is 8.38 Å². The molecule has 0 unspecified atom stereocenters. The standard InChI is InChI=1S/C11H19N2O3P/c1-3-15-17(16-4-2)9-14-11-7-5-6-10(8-11)13-12/h5-8,13H,3-4,9,12H2,1-2H3. The van der Waals surface area contributed by atoms with Crippen molar-refractivity contribution in [3.63, 3.8) is 0 Å². The Morgan fingerprint density at radius 3 is 2.53 bits per heavy atom. The van der Waals surface area contributed by atoms with Gasteiger partial charge in [0.1, 0.15) is 5.75 Å². The Morgan fingerprint density at radius 1 is 1.24 bits per heavy atom. The van der Waals surface area contributed by atoms with E-state index in [1.807, 2.05) is 38.1 Å². The molecule has 0 fully saturated rings. The molecule has 0 aliphatic carbocycles. The molecule has 6 heteroatoms. The van der Waals surface area contributed by atoms with E-state index in [1.165, 1.54) is 0 Å². The average Bonchev–Trinajstić information content (AvgIpc) is 2.37. The van der Waals surface area contributed by atoms with Gasteiger partial charge in [-0.05, 0) is 26.0 Å². The van der Waals surface area contributed by atoms with Crippen molar-refractivity contribution in [2.75, 3.05) is 25.0 Å². The van der Waals surface area contributed by atoms with E-state index in [1.54, 1.807) is 0 Å². The maximum atomic E-state index is 5.60. The van der Waals surface area contributed by atoms with E-state index in [9.17, 15) is 0 Å². The lowest BCUT2D eigenvalue weighted by atomic mass is 10.3. The van der Waals surface area contributed by atoms with E-state index in [2.05, 4.69) is 5.43 Å². The van der Waals surface area contributed by atoms with E-state index in [4.69, 9.17) is 19.6 Å². The number of hydrogen-bond donors (Lipinski definition) is 2. The van der Waals surface area contributed by atoms with E-state index in [0.717, 1.165) is 11.4 Å². The predicted octanol–water partition coefficient (Wildman–Crippen LogP) is 2.69. The zero-order valence-corrected chi connectivity index (χ0v) is 11.1. The number of anilines is 1. The third-order valence-electron chi connectivity index (χ3n) is 1.88. The minimum atomic E-state index is -0.972. The third kappa shape index (κ3) is 5.33. The van der Waals surface area contributed by atoms with Crippen molar-refractivity contribution in [2.24, 2.45) is 5.84 Å². The lowest BCUT2D eigenvalue weighted by molar-refractivity contribution is 0.243. The summed E-state index contributed by atoms with van der Waals surface area (Å²) in [5.74, 6) is 6.06. The van der Waals surface area contributed by atoms with Crippen LogP contribution in [-0.4, -0.2) is 19.6 Å². The molecule has 3 N–H and O–H groups in total. The van der Waals surface area contributed by atoms with Crippen molar-refractivity contribution in [1.82, 2.24) is 0 Å². The second kappa shape index (κ2) is 8.25. The van der Waals surface area contributed by atoms with E-state index >= 15 is 0 Å². The molecular weight excluding hydrogens is 239 g/mol. The molecule has 0 amide bonds. The number of nitrogen functional groups attached to an aromatic ring is 1. The van der Waals surface area contributed by atoms with Crippen LogP contribution in [0.4, 0.5) is 5.69 Å². The number of rotatable bonds is 8. The topological polar surface area (TPSA) is 65.7 Å². The predicted molar refractivity (Wildman–Crippen MR) is 69.9 cm³/mol. The summed E-state index contributed by atoms with van der Waals surface area (Å²) in [5, 5.41) is 0. The first kappa shape index (κ1) is 14.2. The van der Waals surface area contributed by atoms with Gasteiger partial charge in [-0.25, -0.2) is 0 Å². The summed E-state index contributed by atoms with van der Waals surface area (Å²) in [4.78, 5) is 0. The second-order valence-corrected chi connectivity index (χ2v) is 4.55. The van der Waals surface area contributed by atoms with Crippen molar-refractivity contribution >= 4 is 14.1 Å². The molecule has 5 nitrogen and oxygen atoms in total. The van der Waals surface area contributed by atoms with Crippen LogP contribution < -0.4 is 16.0 Å². The zero-order valence-electron chi connectivity index (χ0n) is 10.2. The molecule has 0 aliphatic rings. The number of nitrogens with one attached hydrogen (secondary N) is 1.